The molecular weight excluding hydrogens is 625 g/mol. The highest BCUT2D eigenvalue weighted by molar-refractivity contribution is 6.06. The third-order valence-electron chi connectivity index (χ3n) is 10.5. The first-order valence-corrected chi connectivity index (χ1v) is 17.4. The van der Waals surface area contributed by atoms with Gasteiger partial charge in [0.15, 0.2) is 0 Å². The van der Waals surface area contributed by atoms with Crippen LogP contribution in [0, 0.1) is 6.92 Å². The molecule has 51 heavy (non-hydrogen) atoms. The largest absolute Gasteiger partial charge is 0.497 e. The molecule has 246 valence electrons. The molecule has 0 aliphatic heterocycles. The van der Waals surface area contributed by atoms with Crippen LogP contribution in [0.1, 0.15) is 45.0 Å². The van der Waals surface area contributed by atoms with E-state index in [1.807, 2.05) is 48.5 Å². The fraction of sp³-hybridized carbons (Fsp3) is 0.0833. The zero-order chi connectivity index (χ0) is 34.5. The van der Waals surface area contributed by atoms with Gasteiger partial charge in [0, 0.05) is 0 Å². The topological polar surface area (TPSA) is 38.7 Å². The Labute approximate surface area is 298 Å². The Balaban J connectivity index is 1.16. The molecule has 1 unspecified atom stereocenters. The zero-order valence-corrected chi connectivity index (χ0v) is 28.5. The van der Waals surface area contributed by atoms with E-state index >= 15 is 0 Å². The Hall–Kier alpha value is -6.16. The van der Waals surface area contributed by atoms with Crippen LogP contribution in [0.5, 0.6) is 17.2 Å². The van der Waals surface area contributed by atoms with E-state index in [9.17, 15) is 5.11 Å². The molecule has 0 fully saturated rings. The Morgan fingerprint density at radius 2 is 0.902 bits per heavy atom. The highest BCUT2D eigenvalue weighted by Gasteiger charge is 2.48. The third-order valence-corrected chi connectivity index (χ3v) is 10.5. The molecule has 0 heterocycles. The maximum atomic E-state index is 11.0. The van der Waals surface area contributed by atoms with Crippen LogP contribution in [0.25, 0.3) is 32.7 Å². The highest BCUT2D eigenvalue weighted by Crippen LogP contribution is 2.60. The van der Waals surface area contributed by atoms with Gasteiger partial charge in [-0.1, -0.05) is 139 Å². The van der Waals surface area contributed by atoms with Gasteiger partial charge in [0.25, 0.3) is 0 Å². The minimum atomic E-state index is -0.744. The number of aryl methyl sites for hydroxylation is 1. The summed E-state index contributed by atoms with van der Waals surface area (Å²) in [6, 6.07) is 59.5. The molecule has 8 aromatic rings. The zero-order valence-electron chi connectivity index (χ0n) is 28.5. The Bertz CT molecular complexity index is 2450. The quantitative estimate of drug-likeness (QED) is 0.185. The van der Waals surface area contributed by atoms with Crippen LogP contribution >= 0.6 is 0 Å². The smallest absolute Gasteiger partial charge is 0.127 e. The van der Waals surface area contributed by atoms with Gasteiger partial charge in [-0.05, 0) is 109 Å². The van der Waals surface area contributed by atoms with Crippen LogP contribution in [-0.4, -0.2) is 12.2 Å². The molecule has 3 nitrogen and oxygen atoms in total. The minimum absolute atomic E-state index is 0.572. The summed E-state index contributed by atoms with van der Waals surface area (Å²) in [5.74, 6) is 2.21. The van der Waals surface area contributed by atoms with Crippen molar-refractivity contribution in [1.82, 2.24) is 0 Å². The number of fused-ring (bicyclic) bond motifs is 7. The van der Waals surface area contributed by atoms with Crippen LogP contribution in [0.4, 0.5) is 0 Å². The lowest BCUT2D eigenvalue weighted by Crippen LogP contribution is -2.29. The molecule has 1 aliphatic rings. The van der Waals surface area contributed by atoms with Crippen LogP contribution in [0.2, 0.25) is 0 Å². The lowest BCUT2D eigenvalue weighted by molar-refractivity contribution is 0.220. The standard InChI is InChI=1S/C48H36O3/c1-31-11-19-36(20-12-31)48(45-41-9-5-3-7-32(41)17-29-43(45)44-30-18-33-8-4-6-10-42(33)46(44)48)37-21-27-40(28-22-37)51-39-25-15-35(16-26-39)47(49)34-13-23-38(50-2)24-14-34/h3-30,47,49H,1-2H3. The van der Waals surface area contributed by atoms with E-state index < -0.39 is 11.5 Å². The lowest BCUT2D eigenvalue weighted by Gasteiger charge is -2.35. The Kier molecular flexibility index (Phi) is 7.45. The summed E-state index contributed by atoms with van der Waals surface area (Å²) in [6.07, 6.45) is -0.744. The first-order valence-electron chi connectivity index (χ1n) is 17.4. The predicted octanol–water partition coefficient (Wildman–Crippen LogP) is 11.5. The molecule has 0 spiro atoms. The van der Waals surface area contributed by atoms with E-state index in [-0.39, 0.29) is 0 Å². The van der Waals surface area contributed by atoms with Crippen molar-refractivity contribution in [1.29, 1.82) is 0 Å². The minimum Gasteiger partial charge on any atom is -0.497 e. The number of methoxy groups -OCH3 is 1. The number of ether oxygens (including phenoxy) is 2. The van der Waals surface area contributed by atoms with Crippen molar-refractivity contribution in [3.05, 3.63) is 209 Å². The van der Waals surface area contributed by atoms with Crippen molar-refractivity contribution >= 4 is 21.5 Å². The Morgan fingerprint density at radius 1 is 0.471 bits per heavy atom. The fourth-order valence-electron chi connectivity index (χ4n) is 8.08. The molecule has 3 heteroatoms. The molecule has 0 saturated heterocycles. The molecular formula is C48H36O3. The first kappa shape index (κ1) is 30.9. The summed E-state index contributed by atoms with van der Waals surface area (Å²) < 4.78 is 11.7. The summed E-state index contributed by atoms with van der Waals surface area (Å²) in [5, 5.41) is 16.0. The van der Waals surface area contributed by atoms with Crippen molar-refractivity contribution in [3.63, 3.8) is 0 Å². The molecule has 0 bridgehead atoms. The fourth-order valence-corrected chi connectivity index (χ4v) is 8.08. The Morgan fingerprint density at radius 3 is 1.39 bits per heavy atom. The second-order valence-corrected chi connectivity index (χ2v) is 13.4. The van der Waals surface area contributed by atoms with E-state index in [1.165, 1.54) is 60.5 Å². The maximum Gasteiger partial charge on any atom is 0.127 e. The van der Waals surface area contributed by atoms with Gasteiger partial charge in [0.05, 0.1) is 12.5 Å². The average molecular weight is 661 g/mol. The average Bonchev–Trinajstić information content (AvgIpc) is 3.50. The van der Waals surface area contributed by atoms with Gasteiger partial charge in [0.2, 0.25) is 0 Å². The van der Waals surface area contributed by atoms with E-state index in [1.54, 1.807) is 7.11 Å². The number of rotatable bonds is 7. The summed E-state index contributed by atoms with van der Waals surface area (Å²) in [4.78, 5) is 0. The summed E-state index contributed by atoms with van der Waals surface area (Å²) in [5.41, 5.74) is 9.85. The van der Waals surface area contributed by atoms with E-state index in [0.717, 1.165) is 22.6 Å². The van der Waals surface area contributed by atoms with Gasteiger partial charge in [-0.25, -0.2) is 0 Å². The van der Waals surface area contributed by atoms with Crippen LogP contribution in [0.15, 0.2) is 170 Å². The van der Waals surface area contributed by atoms with E-state index in [4.69, 9.17) is 9.47 Å². The molecule has 9 rings (SSSR count). The maximum absolute atomic E-state index is 11.0. The molecule has 0 radical (unpaired) electrons. The lowest BCUT2D eigenvalue weighted by atomic mass is 9.65. The number of aliphatic hydroxyl groups excluding tert-OH is 1. The number of hydrogen-bond donors (Lipinski definition) is 1. The molecule has 0 saturated carbocycles. The molecule has 0 amide bonds. The molecule has 1 N–H and O–H groups in total. The van der Waals surface area contributed by atoms with Gasteiger partial charge in [-0.2, -0.15) is 0 Å². The van der Waals surface area contributed by atoms with Gasteiger partial charge in [-0.15, -0.1) is 0 Å². The number of aliphatic hydroxyl groups is 1. The van der Waals surface area contributed by atoms with Gasteiger partial charge in [-0.3, -0.25) is 0 Å². The van der Waals surface area contributed by atoms with E-state index in [0.29, 0.717) is 5.75 Å². The van der Waals surface area contributed by atoms with Crippen molar-refractivity contribution in [2.24, 2.45) is 0 Å². The normalized spacial score (nSPS) is 13.5. The molecule has 1 aliphatic carbocycles. The van der Waals surface area contributed by atoms with Gasteiger partial charge in [0.1, 0.15) is 23.4 Å². The third kappa shape index (κ3) is 5.00. The van der Waals surface area contributed by atoms with E-state index in [2.05, 4.69) is 128 Å². The summed E-state index contributed by atoms with van der Waals surface area (Å²) in [6.45, 7) is 2.15. The predicted molar refractivity (Wildman–Crippen MR) is 207 cm³/mol. The molecule has 0 aromatic heterocycles. The van der Waals surface area contributed by atoms with Crippen molar-refractivity contribution in [3.8, 4) is 28.4 Å². The highest BCUT2D eigenvalue weighted by atomic mass is 16.5. The summed E-state index contributed by atoms with van der Waals surface area (Å²) in [7, 11) is 1.64. The first-order chi connectivity index (χ1) is 25.0. The van der Waals surface area contributed by atoms with Gasteiger partial charge < -0.3 is 14.6 Å². The second-order valence-electron chi connectivity index (χ2n) is 13.4. The van der Waals surface area contributed by atoms with Crippen molar-refractivity contribution in [2.75, 3.05) is 7.11 Å². The summed E-state index contributed by atoms with van der Waals surface area (Å²) >= 11 is 0. The number of benzene rings is 8. The van der Waals surface area contributed by atoms with Crippen molar-refractivity contribution in [2.45, 2.75) is 18.4 Å². The molecule has 8 aromatic carbocycles. The van der Waals surface area contributed by atoms with Crippen molar-refractivity contribution < 1.29 is 14.6 Å². The van der Waals surface area contributed by atoms with Crippen LogP contribution < -0.4 is 9.47 Å². The number of hydrogen-bond acceptors (Lipinski definition) is 3. The monoisotopic (exact) mass is 660 g/mol. The SMILES string of the molecule is COc1ccc(C(O)c2ccc(Oc3ccc(C4(c5ccc(C)cc5)c5c(ccc6ccccc56)-c5ccc6ccccc6c54)cc3)cc2)cc1. The van der Waals surface area contributed by atoms with Gasteiger partial charge >= 0.3 is 0 Å². The van der Waals surface area contributed by atoms with Crippen LogP contribution in [0.3, 0.4) is 0 Å². The molecule has 1 atom stereocenters. The second kappa shape index (κ2) is 12.3. The van der Waals surface area contributed by atoms with Crippen LogP contribution in [-0.2, 0) is 5.41 Å².